The number of aliphatic hydroxyl groups is 1. The Hall–Kier alpha value is -3.78. The Morgan fingerprint density at radius 1 is 1.21 bits per heavy atom. The van der Waals surface area contributed by atoms with Crippen molar-refractivity contribution in [3.8, 4) is 23.7 Å². The zero-order chi connectivity index (χ0) is 23.5. The van der Waals surface area contributed by atoms with Gasteiger partial charge >= 0.3 is 0 Å². The van der Waals surface area contributed by atoms with Crippen LogP contribution in [0.15, 0.2) is 53.5 Å². The molecule has 2 aromatic carbocycles. The van der Waals surface area contributed by atoms with Crippen LogP contribution in [0.1, 0.15) is 34.3 Å². The molecule has 2 atom stereocenters. The summed E-state index contributed by atoms with van der Waals surface area (Å²) in [7, 11) is 1.60. The largest absolute Gasteiger partial charge is 0.394 e. The summed E-state index contributed by atoms with van der Waals surface area (Å²) < 4.78 is 5.31. The molecule has 1 unspecified atom stereocenters. The highest BCUT2D eigenvalue weighted by Gasteiger charge is 2.28. The first-order valence-corrected chi connectivity index (χ1v) is 10.8. The molecule has 4 N–H and O–H groups in total. The van der Waals surface area contributed by atoms with E-state index >= 15 is 0 Å². The number of hydrogen-bond donors (Lipinski definition) is 3. The lowest BCUT2D eigenvalue weighted by Crippen LogP contribution is -2.37. The van der Waals surface area contributed by atoms with Crippen molar-refractivity contribution in [1.82, 2.24) is 4.90 Å². The van der Waals surface area contributed by atoms with E-state index in [1.165, 1.54) is 6.34 Å². The van der Waals surface area contributed by atoms with Crippen LogP contribution in [0, 0.1) is 23.7 Å². The van der Waals surface area contributed by atoms with E-state index in [2.05, 4.69) is 34.0 Å². The van der Waals surface area contributed by atoms with Crippen molar-refractivity contribution in [1.29, 1.82) is 0 Å². The maximum absolute atomic E-state index is 12.6. The van der Waals surface area contributed by atoms with Crippen molar-refractivity contribution in [3.63, 3.8) is 0 Å². The van der Waals surface area contributed by atoms with Gasteiger partial charge < -0.3 is 25.8 Å². The van der Waals surface area contributed by atoms with Gasteiger partial charge in [-0.2, -0.15) is 0 Å². The molecule has 2 aromatic rings. The third-order valence-electron chi connectivity index (χ3n) is 5.33. The summed E-state index contributed by atoms with van der Waals surface area (Å²) in [6.07, 6.45) is 2.76. The van der Waals surface area contributed by atoms with Crippen LogP contribution in [0.5, 0.6) is 0 Å². The molecule has 1 aliphatic heterocycles. The van der Waals surface area contributed by atoms with Crippen LogP contribution in [0.25, 0.3) is 0 Å². The normalized spacial score (nSPS) is 15.9. The summed E-state index contributed by atoms with van der Waals surface area (Å²) in [5.41, 5.74) is 8.38. The fourth-order valence-corrected chi connectivity index (χ4v) is 3.53. The first kappa shape index (κ1) is 23.9. The van der Waals surface area contributed by atoms with Crippen molar-refractivity contribution in [2.75, 3.05) is 32.1 Å². The molecule has 7 nitrogen and oxygen atoms in total. The molecule has 0 aromatic heterocycles. The van der Waals surface area contributed by atoms with E-state index in [0.29, 0.717) is 18.7 Å². The van der Waals surface area contributed by atoms with Crippen LogP contribution in [0.4, 0.5) is 5.69 Å². The molecule has 1 amide bonds. The van der Waals surface area contributed by atoms with E-state index < -0.39 is 0 Å². The number of ether oxygens (including phenoxy) is 1. The van der Waals surface area contributed by atoms with Gasteiger partial charge in [0.1, 0.15) is 6.23 Å². The number of likely N-dealkylation sites (tertiary alicyclic amines) is 1. The van der Waals surface area contributed by atoms with Gasteiger partial charge in [0.2, 0.25) is 0 Å². The average molecular weight is 445 g/mol. The minimum atomic E-state index is -0.263. The standard InChI is InChI=1S/C26H28N4O3/c1-33-25(17-28-19-27)29-23-14-10-21(11-15-23)6-3-2-5-20-8-12-22(13-9-20)26(32)30-16-4-7-24(30)18-31/h8-15,19,24-25,29,31H,4,7,16-18H2,1H3,(H2,27,28)/t24-,25?/m0/s1. The number of aliphatic hydroxyl groups excluding tert-OH is 1. The van der Waals surface area contributed by atoms with Crippen molar-refractivity contribution in [2.24, 2.45) is 10.7 Å². The number of rotatable bonds is 7. The molecule has 1 saturated heterocycles. The van der Waals surface area contributed by atoms with Gasteiger partial charge in [-0.15, -0.1) is 0 Å². The second kappa shape index (κ2) is 12.3. The molecule has 33 heavy (non-hydrogen) atoms. The number of methoxy groups -OCH3 is 1. The number of nitrogens with two attached hydrogens (primary N) is 1. The SMILES string of the molecule is COC(C/N=C\N)Nc1ccc(C#CC#Cc2ccc(C(=O)N3CCC[C@H]3CO)cc2)cc1. The molecule has 3 rings (SSSR count). The van der Waals surface area contributed by atoms with Crippen LogP contribution < -0.4 is 11.1 Å². The molecule has 7 heteroatoms. The molecule has 0 saturated carbocycles. The Morgan fingerprint density at radius 2 is 1.85 bits per heavy atom. The average Bonchev–Trinajstić information content (AvgIpc) is 3.34. The molecule has 0 radical (unpaired) electrons. The smallest absolute Gasteiger partial charge is 0.254 e. The maximum Gasteiger partial charge on any atom is 0.254 e. The molecule has 1 heterocycles. The first-order valence-electron chi connectivity index (χ1n) is 10.8. The van der Waals surface area contributed by atoms with Gasteiger partial charge in [-0.1, -0.05) is 11.8 Å². The number of anilines is 1. The summed E-state index contributed by atoms with van der Waals surface area (Å²) in [6, 6.07) is 14.7. The Labute approximate surface area is 194 Å². The Balaban J connectivity index is 1.56. The molecular formula is C26H28N4O3. The highest BCUT2D eigenvalue weighted by atomic mass is 16.5. The first-order chi connectivity index (χ1) is 16.1. The lowest BCUT2D eigenvalue weighted by molar-refractivity contribution is 0.0677. The predicted molar refractivity (Wildman–Crippen MR) is 130 cm³/mol. The van der Waals surface area contributed by atoms with Crippen LogP contribution in [-0.2, 0) is 4.74 Å². The lowest BCUT2D eigenvalue weighted by atomic mass is 10.1. The summed E-state index contributed by atoms with van der Waals surface area (Å²) in [5.74, 6) is 11.7. The minimum absolute atomic E-state index is 0.00471. The van der Waals surface area contributed by atoms with Gasteiger partial charge in [0.15, 0.2) is 0 Å². The molecule has 0 aliphatic carbocycles. The van der Waals surface area contributed by atoms with Crippen LogP contribution in [0.3, 0.4) is 0 Å². The van der Waals surface area contributed by atoms with Crippen LogP contribution in [-0.4, -0.2) is 61.3 Å². The Bertz CT molecular complexity index is 1070. The molecule has 1 aliphatic rings. The minimum Gasteiger partial charge on any atom is -0.394 e. The zero-order valence-corrected chi connectivity index (χ0v) is 18.6. The fraction of sp³-hybridized carbons (Fsp3) is 0.308. The van der Waals surface area contributed by atoms with E-state index in [4.69, 9.17) is 10.5 Å². The number of nitrogens with zero attached hydrogens (tertiary/aromatic N) is 2. The molecule has 1 fully saturated rings. The second-order valence-electron chi connectivity index (χ2n) is 7.51. The van der Waals surface area contributed by atoms with Crippen molar-refractivity contribution < 1.29 is 14.6 Å². The molecule has 0 bridgehead atoms. The fourth-order valence-electron chi connectivity index (χ4n) is 3.53. The van der Waals surface area contributed by atoms with Crippen molar-refractivity contribution in [2.45, 2.75) is 25.1 Å². The van der Waals surface area contributed by atoms with Gasteiger partial charge in [-0.05, 0) is 73.2 Å². The monoisotopic (exact) mass is 444 g/mol. The summed E-state index contributed by atoms with van der Waals surface area (Å²) in [4.78, 5) is 18.3. The number of aliphatic imine (C=N–C) groups is 1. The van der Waals surface area contributed by atoms with E-state index in [1.807, 2.05) is 36.4 Å². The number of carbonyl (C=O) groups excluding carboxylic acids is 1. The number of nitrogens with one attached hydrogen (secondary N) is 1. The summed E-state index contributed by atoms with van der Waals surface area (Å²) in [5, 5.41) is 12.6. The zero-order valence-electron chi connectivity index (χ0n) is 18.6. The van der Waals surface area contributed by atoms with Gasteiger partial charge in [0.25, 0.3) is 5.91 Å². The number of amides is 1. The number of hydrogen-bond acceptors (Lipinski definition) is 5. The van der Waals surface area contributed by atoms with Gasteiger partial charge in [0.05, 0.1) is 25.5 Å². The van der Waals surface area contributed by atoms with E-state index in [9.17, 15) is 9.90 Å². The van der Waals surface area contributed by atoms with Gasteiger partial charge in [-0.25, -0.2) is 0 Å². The highest BCUT2D eigenvalue weighted by Crippen LogP contribution is 2.20. The Morgan fingerprint density at radius 3 is 2.42 bits per heavy atom. The second-order valence-corrected chi connectivity index (χ2v) is 7.51. The third kappa shape index (κ3) is 6.85. The van der Waals surface area contributed by atoms with E-state index in [0.717, 1.165) is 29.7 Å². The maximum atomic E-state index is 12.6. The van der Waals surface area contributed by atoms with Crippen molar-refractivity contribution >= 4 is 17.9 Å². The highest BCUT2D eigenvalue weighted by molar-refractivity contribution is 5.94. The molecule has 170 valence electrons. The van der Waals surface area contributed by atoms with Crippen LogP contribution >= 0.6 is 0 Å². The quantitative estimate of drug-likeness (QED) is 0.263. The summed E-state index contributed by atoms with van der Waals surface area (Å²) in [6.45, 7) is 1.11. The molecule has 0 spiro atoms. The van der Waals surface area contributed by atoms with E-state index in [-0.39, 0.29) is 24.8 Å². The third-order valence-corrected chi connectivity index (χ3v) is 5.33. The van der Waals surface area contributed by atoms with Gasteiger partial charge in [-0.3, -0.25) is 9.79 Å². The lowest BCUT2D eigenvalue weighted by Gasteiger charge is -2.23. The van der Waals surface area contributed by atoms with Crippen molar-refractivity contribution in [3.05, 3.63) is 65.2 Å². The molecular weight excluding hydrogens is 416 g/mol. The summed E-state index contributed by atoms with van der Waals surface area (Å²) >= 11 is 0. The van der Waals surface area contributed by atoms with E-state index in [1.54, 1.807) is 24.1 Å². The number of carbonyl (C=O) groups is 1. The Kier molecular flexibility index (Phi) is 8.90. The number of benzene rings is 2. The van der Waals surface area contributed by atoms with Gasteiger partial charge in [0, 0.05) is 36.0 Å². The van der Waals surface area contributed by atoms with Crippen LogP contribution in [0.2, 0.25) is 0 Å². The predicted octanol–water partition coefficient (Wildman–Crippen LogP) is 2.06. The topological polar surface area (TPSA) is 100 Å².